The first kappa shape index (κ1) is 17.5. The van der Waals surface area contributed by atoms with Crippen molar-refractivity contribution in [3.63, 3.8) is 0 Å². The second-order valence-electron chi connectivity index (χ2n) is 6.80. The third kappa shape index (κ3) is 2.94. The molecule has 4 nitrogen and oxygen atoms in total. The highest BCUT2D eigenvalue weighted by atomic mass is 35.5. The molecule has 5 rings (SSSR count). The molecule has 0 radical (unpaired) electrons. The number of rotatable bonds is 2. The molecule has 0 aliphatic rings. The van der Waals surface area contributed by atoms with Crippen molar-refractivity contribution < 1.29 is 4.42 Å². The Labute approximate surface area is 171 Å². The number of hydrogen-bond donors (Lipinski definition) is 2. The van der Waals surface area contributed by atoms with E-state index in [1.54, 1.807) is 6.07 Å². The minimum atomic E-state index is 0.107. The van der Waals surface area contributed by atoms with E-state index < -0.39 is 0 Å². The summed E-state index contributed by atoms with van der Waals surface area (Å²) in [5.41, 5.74) is 9.06. The molecule has 0 unspecified atom stereocenters. The minimum Gasteiger partial charge on any atom is -0.454 e. The Morgan fingerprint density at radius 3 is 2.55 bits per heavy atom. The maximum absolute atomic E-state index is 8.44. The number of hydrogen-bond acceptors (Lipinski definition) is 2. The van der Waals surface area contributed by atoms with Gasteiger partial charge in [-0.1, -0.05) is 72.3 Å². The van der Waals surface area contributed by atoms with E-state index in [-0.39, 0.29) is 11.7 Å². The molecular formula is C24H16ClN3O. The third-order valence-corrected chi connectivity index (χ3v) is 5.30. The van der Waals surface area contributed by atoms with Crippen molar-refractivity contribution in [1.82, 2.24) is 0 Å². The van der Waals surface area contributed by atoms with Gasteiger partial charge in [-0.2, -0.15) is 0 Å². The van der Waals surface area contributed by atoms with Crippen LogP contribution in [0.15, 0.2) is 88.3 Å². The SMILES string of the molecule is N=C(/N=C(\N)c1cccc2oc3c(Cl)cccc3c12)c1ccc2ccccc2c1. The first-order chi connectivity index (χ1) is 14.1. The summed E-state index contributed by atoms with van der Waals surface area (Å²) in [5.74, 6) is 0.368. The molecule has 0 saturated heterocycles. The molecule has 4 aromatic carbocycles. The smallest absolute Gasteiger partial charge is 0.154 e. The molecule has 29 heavy (non-hydrogen) atoms. The molecule has 0 aliphatic carbocycles. The molecule has 0 spiro atoms. The van der Waals surface area contributed by atoms with Crippen molar-refractivity contribution in [3.8, 4) is 0 Å². The number of amidine groups is 2. The highest BCUT2D eigenvalue weighted by Crippen LogP contribution is 2.35. The second-order valence-corrected chi connectivity index (χ2v) is 7.21. The van der Waals surface area contributed by atoms with Gasteiger partial charge in [0.15, 0.2) is 11.4 Å². The number of benzene rings is 4. The first-order valence-corrected chi connectivity index (χ1v) is 9.51. The molecule has 5 heteroatoms. The fourth-order valence-electron chi connectivity index (χ4n) is 3.61. The van der Waals surface area contributed by atoms with Crippen LogP contribution in [0.1, 0.15) is 11.1 Å². The van der Waals surface area contributed by atoms with E-state index in [2.05, 4.69) is 4.99 Å². The lowest BCUT2D eigenvalue weighted by atomic mass is 10.0. The van der Waals surface area contributed by atoms with Crippen molar-refractivity contribution in [3.05, 3.63) is 95.0 Å². The molecule has 0 fully saturated rings. The number of nitrogens with zero attached hydrogens (tertiary/aromatic N) is 1. The van der Waals surface area contributed by atoms with Crippen LogP contribution in [0.3, 0.4) is 0 Å². The fourth-order valence-corrected chi connectivity index (χ4v) is 3.82. The van der Waals surface area contributed by atoms with E-state index in [0.717, 1.165) is 21.5 Å². The van der Waals surface area contributed by atoms with E-state index in [1.165, 1.54) is 0 Å². The Bertz CT molecular complexity index is 1450. The zero-order valence-corrected chi connectivity index (χ0v) is 16.1. The normalized spacial score (nSPS) is 12.1. The van der Waals surface area contributed by atoms with Crippen LogP contribution in [-0.2, 0) is 0 Å². The van der Waals surface area contributed by atoms with Crippen LogP contribution in [0.4, 0.5) is 0 Å². The number of fused-ring (bicyclic) bond motifs is 4. The van der Waals surface area contributed by atoms with Gasteiger partial charge in [0.1, 0.15) is 11.4 Å². The Morgan fingerprint density at radius 2 is 1.69 bits per heavy atom. The van der Waals surface area contributed by atoms with Gasteiger partial charge in [0.05, 0.1) is 5.02 Å². The van der Waals surface area contributed by atoms with Crippen molar-refractivity contribution in [2.24, 2.45) is 10.7 Å². The van der Waals surface area contributed by atoms with Crippen LogP contribution in [0.2, 0.25) is 5.02 Å². The lowest BCUT2D eigenvalue weighted by molar-refractivity contribution is 0.669. The number of aliphatic imine (C=N–C) groups is 1. The third-order valence-electron chi connectivity index (χ3n) is 5.01. The summed E-state index contributed by atoms with van der Waals surface area (Å²) < 4.78 is 5.92. The molecule has 1 heterocycles. The van der Waals surface area contributed by atoms with E-state index in [0.29, 0.717) is 27.3 Å². The molecule has 3 N–H and O–H groups in total. The quantitative estimate of drug-likeness (QED) is 0.278. The van der Waals surface area contributed by atoms with Crippen LogP contribution in [-0.4, -0.2) is 11.7 Å². The van der Waals surface area contributed by atoms with Gasteiger partial charge in [0, 0.05) is 21.9 Å². The molecule has 0 atom stereocenters. The number of para-hydroxylation sites is 1. The summed E-state index contributed by atoms with van der Waals surface area (Å²) in [5, 5.41) is 12.9. The maximum atomic E-state index is 8.44. The largest absolute Gasteiger partial charge is 0.454 e. The summed E-state index contributed by atoms with van der Waals surface area (Å²) >= 11 is 6.28. The van der Waals surface area contributed by atoms with Crippen LogP contribution >= 0.6 is 11.6 Å². The topological polar surface area (TPSA) is 75.4 Å². The Kier molecular flexibility index (Phi) is 4.07. The molecule has 0 bridgehead atoms. The van der Waals surface area contributed by atoms with Crippen molar-refractivity contribution >= 4 is 56.0 Å². The van der Waals surface area contributed by atoms with E-state index in [9.17, 15) is 0 Å². The van der Waals surface area contributed by atoms with E-state index in [1.807, 2.05) is 72.8 Å². The lowest BCUT2D eigenvalue weighted by Gasteiger charge is -2.06. The standard InChI is InChI=1S/C24H16ClN3O/c25-19-9-3-7-17-21-18(8-4-10-20(21)29-22(17)19)24(27)28-23(26)16-12-11-14-5-1-2-6-15(14)13-16/h1-13H,(H3,26,27,28). The first-order valence-electron chi connectivity index (χ1n) is 9.14. The zero-order valence-electron chi connectivity index (χ0n) is 15.3. The highest BCUT2D eigenvalue weighted by molar-refractivity contribution is 6.36. The van der Waals surface area contributed by atoms with Gasteiger partial charge in [-0.25, -0.2) is 4.99 Å². The molecular weight excluding hydrogens is 382 g/mol. The fraction of sp³-hybridized carbons (Fsp3) is 0. The highest BCUT2D eigenvalue weighted by Gasteiger charge is 2.15. The van der Waals surface area contributed by atoms with Gasteiger partial charge in [-0.3, -0.25) is 5.41 Å². The van der Waals surface area contributed by atoms with Gasteiger partial charge in [-0.15, -0.1) is 0 Å². The monoisotopic (exact) mass is 397 g/mol. The summed E-state index contributed by atoms with van der Waals surface area (Å²) in [7, 11) is 0. The van der Waals surface area contributed by atoms with Gasteiger partial charge >= 0.3 is 0 Å². The van der Waals surface area contributed by atoms with Crippen LogP contribution < -0.4 is 5.73 Å². The van der Waals surface area contributed by atoms with Gasteiger partial charge in [0.25, 0.3) is 0 Å². The molecule has 5 aromatic rings. The molecule has 140 valence electrons. The summed E-state index contributed by atoms with van der Waals surface area (Å²) in [6.45, 7) is 0. The van der Waals surface area contributed by atoms with Crippen molar-refractivity contribution in [1.29, 1.82) is 5.41 Å². The van der Waals surface area contributed by atoms with Gasteiger partial charge in [-0.05, 0) is 29.0 Å². The predicted octanol–water partition coefficient (Wildman–Crippen LogP) is 6.12. The zero-order chi connectivity index (χ0) is 20.0. The minimum absolute atomic E-state index is 0.107. The maximum Gasteiger partial charge on any atom is 0.154 e. The van der Waals surface area contributed by atoms with Crippen LogP contribution in [0.5, 0.6) is 0 Å². The summed E-state index contributed by atoms with van der Waals surface area (Å²) in [6, 6.07) is 25.1. The number of halogens is 1. The Morgan fingerprint density at radius 1 is 0.897 bits per heavy atom. The Balaban J connectivity index is 1.62. The summed E-state index contributed by atoms with van der Waals surface area (Å²) in [4.78, 5) is 4.39. The van der Waals surface area contributed by atoms with E-state index >= 15 is 0 Å². The second kappa shape index (κ2) is 6.76. The molecule has 0 amide bonds. The number of nitrogens with two attached hydrogens (primary N) is 1. The average molecular weight is 398 g/mol. The lowest BCUT2D eigenvalue weighted by Crippen LogP contribution is -2.16. The Hall–Kier alpha value is -3.63. The van der Waals surface area contributed by atoms with Crippen molar-refractivity contribution in [2.75, 3.05) is 0 Å². The van der Waals surface area contributed by atoms with Crippen molar-refractivity contribution in [2.45, 2.75) is 0 Å². The number of nitrogens with one attached hydrogen (secondary N) is 1. The molecule has 0 saturated carbocycles. The van der Waals surface area contributed by atoms with Crippen LogP contribution in [0, 0.1) is 5.41 Å². The average Bonchev–Trinajstić information content (AvgIpc) is 3.13. The summed E-state index contributed by atoms with van der Waals surface area (Å²) in [6.07, 6.45) is 0. The number of furan rings is 1. The van der Waals surface area contributed by atoms with Gasteiger partial charge < -0.3 is 10.2 Å². The van der Waals surface area contributed by atoms with Crippen LogP contribution in [0.25, 0.3) is 32.7 Å². The molecule has 1 aromatic heterocycles. The van der Waals surface area contributed by atoms with Gasteiger partial charge in [0.2, 0.25) is 0 Å². The van der Waals surface area contributed by atoms with E-state index in [4.69, 9.17) is 27.2 Å². The predicted molar refractivity (Wildman–Crippen MR) is 120 cm³/mol. The molecule has 0 aliphatic heterocycles.